The van der Waals surface area contributed by atoms with E-state index in [1.165, 1.54) is 6.07 Å². The minimum absolute atomic E-state index is 0.281. The van der Waals surface area contributed by atoms with Crippen LogP contribution in [0.15, 0.2) is 46.9 Å². The fourth-order valence-electron chi connectivity index (χ4n) is 2.23. The maximum Gasteiger partial charge on any atom is 0.127 e. The van der Waals surface area contributed by atoms with Gasteiger partial charge in [0.25, 0.3) is 0 Å². The van der Waals surface area contributed by atoms with Crippen LogP contribution in [-0.4, -0.2) is 11.8 Å². The summed E-state index contributed by atoms with van der Waals surface area (Å²) in [5, 5.41) is 0.395. The third-order valence-corrected chi connectivity index (χ3v) is 5.45. The first-order valence-electron chi connectivity index (χ1n) is 6.33. The fraction of sp³-hybridized carbons (Fsp3) is 0.250. The first-order chi connectivity index (χ1) is 10.0. The fourth-order valence-corrected chi connectivity index (χ4v) is 3.51. The van der Waals surface area contributed by atoms with Gasteiger partial charge in [0.05, 0.1) is 0 Å². The molecule has 0 amide bonds. The molecule has 112 valence electrons. The van der Waals surface area contributed by atoms with Crippen LogP contribution in [0.3, 0.4) is 0 Å². The molecule has 0 spiro atoms. The molecule has 2 aromatic rings. The van der Waals surface area contributed by atoms with E-state index in [1.807, 2.05) is 24.3 Å². The number of hydrogen-bond donors (Lipinski definition) is 0. The van der Waals surface area contributed by atoms with Crippen molar-refractivity contribution in [1.82, 2.24) is 0 Å². The minimum Gasteiger partial charge on any atom is -0.207 e. The average molecular weight is 411 g/mol. The molecule has 0 heterocycles. The lowest BCUT2D eigenvalue weighted by atomic mass is 9.78. The van der Waals surface area contributed by atoms with E-state index in [9.17, 15) is 4.39 Å². The molecule has 0 aliphatic heterocycles. The Morgan fingerprint density at radius 2 is 1.62 bits per heavy atom. The largest absolute Gasteiger partial charge is 0.207 e. The van der Waals surface area contributed by atoms with Gasteiger partial charge in [-0.3, -0.25) is 0 Å². The Bertz CT molecular complexity index is 589. The van der Waals surface area contributed by atoms with Gasteiger partial charge in [-0.15, -0.1) is 23.2 Å². The number of hydrogen-bond acceptors (Lipinski definition) is 0. The van der Waals surface area contributed by atoms with Crippen molar-refractivity contribution in [3.63, 3.8) is 0 Å². The van der Waals surface area contributed by atoms with E-state index < -0.39 is 5.41 Å². The van der Waals surface area contributed by atoms with Crippen LogP contribution in [0.5, 0.6) is 0 Å². The molecule has 2 rings (SSSR count). The maximum absolute atomic E-state index is 14.1. The lowest BCUT2D eigenvalue weighted by Gasteiger charge is -2.31. The van der Waals surface area contributed by atoms with Gasteiger partial charge in [-0.2, -0.15) is 0 Å². The van der Waals surface area contributed by atoms with Crippen LogP contribution in [0.4, 0.5) is 4.39 Å². The molecule has 0 aliphatic carbocycles. The Labute approximate surface area is 147 Å². The smallest absolute Gasteiger partial charge is 0.127 e. The zero-order valence-corrected chi connectivity index (χ0v) is 14.9. The molecule has 0 fully saturated rings. The number of alkyl halides is 2. The summed E-state index contributed by atoms with van der Waals surface area (Å²) in [5.74, 6) is 0.227. The van der Waals surface area contributed by atoms with Crippen LogP contribution < -0.4 is 0 Å². The summed E-state index contributed by atoms with van der Waals surface area (Å²) in [4.78, 5) is 0. The van der Waals surface area contributed by atoms with E-state index in [-0.39, 0.29) is 17.6 Å². The van der Waals surface area contributed by atoms with Crippen LogP contribution >= 0.6 is 50.7 Å². The summed E-state index contributed by atoms with van der Waals surface area (Å²) in [6, 6.07) is 12.4. The number of rotatable bonds is 5. The van der Waals surface area contributed by atoms with Gasteiger partial charge in [0.2, 0.25) is 0 Å². The highest BCUT2D eigenvalue weighted by molar-refractivity contribution is 9.10. The molecule has 5 heteroatoms. The van der Waals surface area contributed by atoms with Gasteiger partial charge in [0, 0.05) is 32.2 Å². The van der Waals surface area contributed by atoms with Crippen molar-refractivity contribution < 1.29 is 4.39 Å². The van der Waals surface area contributed by atoms with Crippen molar-refractivity contribution in [2.75, 3.05) is 11.8 Å². The third-order valence-electron chi connectivity index (χ3n) is 3.55. The van der Waals surface area contributed by atoms with Crippen LogP contribution in [0.2, 0.25) is 5.02 Å². The zero-order valence-electron chi connectivity index (χ0n) is 11.1. The molecule has 0 nitrogen and oxygen atoms in total. The molecule has 0 aliphatic rings. The van der Waals surface area contributed by atoms with Crippen molar-refractivity contribution in [2.24, 2.45) is 0 Å². The Hall–Kier alpha value is -0.280. The summed E-state index contributed by atoms with van der Waals surface area (Å²) < 4.78 is 15.0. The van der Waals surface area contributed by atoms with Crippen LogP contribution in [-0.2, 0) is 11.8 Å². The molecule has 0 N–H and O–H groups in total. The summed E-state index contributed by atoms with van der Waals surface area (Å²) in [6.45, 7) is 0. The highest BCUT2D eigenvalue weighted by Gasteiger charge is 2.32. The highest BCUT2D eigenvalue weighted by Crippen LogP contribution is 2.35. The van der Waals surface area contributed by atoms with E-state index in [2.05, 4.69) is 15.9 Å². The van der Waals surface area contributed by atoms with Crippen molar-refractivity contribution in [2.45, 2.75) is 11.8 Å². The maximum atomic E-state index is 14.1. The summed E-state index contributed by atoms with van der Waals surface area (Å²) in [5.41, 5.74) is 0.855. The Kier molecular flexibility index (Phi) is 5.96. The topological polar surface area (TPSA) is 0 Å². The second kappa shape index (κ2) is 7.32. The zero-order chi connectivity index (χ0) is 15.5. The van der Waals surface area contributed by atoms with Gasteiger partial charge in [-0.05, 0) is 36.2 Å². The van der Waals surface area contributed by atoms with Crippen molar-refractivity contribution in [3.05, 3.63) is 68.9 Å². The van der Waals surface area contributed by atoms with Crippen molar-refractivity contribution in [1.29, 1.82) is 0 Å². The molecular weight excluding hydrogens is 397 g/mol. The normalized spacial score (nSPS) is 11.7. The Balaban J connectivity index is 2.45. The number of halogens is 5. The Morgan fingerprint density at radius 3 is 2.14 bits per heavy atom. The van der Waals surface area contributed by atoms with Gasteiger partial charge < -0.3 is 0 Å². The quantitative estimate of drug-likeness (QED) is 0.515. The summed E-state index contributed by atoms with van der Waals surface area (Å²) >= 11 is 21.9. The molecule has 0 bridgehead atoms. The molecule has 0 radical (unpaired) electrons. The van der Waals surface area contributed by atoms with E-state index in [0.717, 1.165) is 10.0 Å². The first-order valence-corrected chi connectivity index (χ1v) is 8.57. The van der Waals surface area contributed by atoms with Crippen LogP contribution in [0.1, 0.15) is 11.1 Å². The van der Waals surface area contributed by atoms with Crippen molar-refractivity contribution in [3.8, 4) is 0 Å². The molecule has 2 aromatic carbocycles. The lowest BCUT2D eigenvalue weighted by molar-refractivity contribution is 0.512. The molecule has 21 heavy (non-hydrogen) atoms. The van der Waals surface area contributed by atoms with Gasteiger partial charge in [-0.1, -0.05) is 45.7 Å². The third kappa shape index (κ3) is 3.73. The summed E-state index contributed by atoms with van der Waals surface area (Å²) in [6.07, 6.45) is 0.354. The first kappa shape index (κ1) is 17.1. The number of benzene rings is 2. The van der Waals surface area contributed by atoms with Gasteiger partial charge in [0.1, 0.15) is 5.82 Å². The van der Waals surface area contributed by atoms with Crippen LogP contribution in [0, 0.1) is 5.82 Å². The second-order valence-electron chi connectivity index (χ2n) is 4.93. The van der Waals surface area contributed by atoms with E-state index >= 15 is 0 Å². The SMILES string of the molecule is Fc1cccc(Cl)c1CC(CCl)(CCl)c1ccc(Br)cc1. The Morgan fingerprint density at radius 1 is 1.00 bits per heavy atom. The standard InChI is InChI=1S/C16H13BrCl3F/c17-12-6-4-11(5-7-12)16(9-18,10-19)8-13-14(20)2-1-3-15(13)21/h1-7H,8-10H2. The van der Waals surface area contributed by atoms with Gasteiger partial charge >= 0.3 is 0 Å². The molecule has 0 saturated heterocycles. The van der Waals surface area contributed by atoms with E-state index in [0.29, 0.717) is 17.0 Å². The predicted molar refractivity (Wildman–Crippen MR) is 92.4 cm³/mol. The summed E-state index contributed by atoms with van der Waals surface area (Å²) in [7, 11) is 0. The van der Waals surface area contributed by atoms with E-state index in [4.69, 9.17) is 34.8 Å². The molecule has 0 unspecified atom stereocenters. The molecule has 0 aromatic heterocycles. The molecule has 0 saturated carbocycles. The lowest BCUT2D eigenvalue weighted by Crippen LogP contribution is -2.33. The monoisotopic (exact) mass is 408 g/mol. The van der Waals surface area contributed by atoms with Crippen molar-refractivity contribution >= 4 is 50.7 Å². The molecule has 0 atom stereocenters. The van der Waals surface area contributed by atoms with Gasteiger partial charge in [-0.25, -0.2) is 4.39 Å². The van der Waals surface area contributed by atoms with Gasteiger partial charge in [0.15, 0.2) is 0 Å². The minimum atomic E-state index is -0.560. The highest BCUT2D eigenvalue weighted by atomic mass is 79.9. The molecular formula is C16H13BrCl3F. The predicted octanol–water partition coefficient (Wildman–Crippen LogP) is 6.20. The van der Waals surface area contributed by atoms with E-state index in [1.54, 1.807) is 12.1 Å². The average Bonchev–Trinajstić information content (AvgIpc) is 2.49. The van der Waals surface area contributed by atoms with Crippen LogP contribution in [0.25, 0.3) is 0 Å². The second-order valence-corrected chi connectivity index (χ2v) is 6.79.